The third kappa shape index (κ3) is 3.19. The highest BCUT2D eigenvalue weighted by Crippen LogP contribution is 2.12. The van der Waals surface area contributed by atoms with Gasteiger partial charge in [0, 0.05) is 5.56 Å². The van der Waals surface area contributed by atoms with Crippen LogP contribution in [0.4, 0.5) is 0 Å². The highest BCUT2D eigenvalue weighted by molar-refractivity contribution is 6.06. The van der Waals surface area contributed by atoms with Crippen molar-refractivity contribution in [1.82, 2.24) is 0 Å². The fourth-order valence-electron chi connectivity index (χ4n) is 1.56. The monoisotopic (exact) mass is 220 g/mol. The fraction of sp³-hybridized carbons (Fsp3) is 0.385. The number of carbonyl (C=O) groups excluding carboxylic acids is 2. The summed E-state index contributed by atoms with van der Waals surface area (Å²) in [4.78, 5) is 22.9. The zero-order chi connectivity index (χ0) is 12.1. The van der Waals surface area contributed by atoms with Crippen molar-refractivity contribution in [1.29, 1.82) is 0 Å². The molecule has 0 aromatic heterocycles. The summed E-state index contributed by atoms with van der Waals surface area (Å²) in [6.45, 7) is 5.86. The third-order valence-electron chi connectivity index (χ3n) is 2.29. The Morgan fingerprint density at radius 2 is 1.94 bits per heavy atom. The molecule has 0 fully saturated rings. The van der Waals surface area contributed by atoms with Crippen LogP contribution < -0.4 is 0 Å². The SMILES string of the molecule is CCOC(=O)CC(=O)c1ccc(C)cc1C. The van der Waals surface area contributed by atoms with Gasteiger partial charge in [0.05, 0.1) is 6.61 Å². The van der Waals surface area contributed by atoms with E-state index in [1.165, 1.54) is 0 Å². The number of ether oxygens (including phenoxy) is 1. The molecule has 1 rings (SSSR count). The van der Waals surface area contributed by atoms with E-state index in [1.54, 1.807) is 13.0 Å². The van der Waals surface area contributed by atoms with Crippen LogP contribution in [-0.4, -0.2) is 18.4 Å². The Morgan fingerprint density at radius 1 is 1.25 bits per heavy atom. The Morgan fingerprint density at radius 3 is 2.50 bits per heavy atom. The van der Waals surface area contributed by atoms with E-state index in [1.807, 2.05) is 26.0 Å². The van der Waals surface area contributed by atoms with Crippen molar-refractivity contribution in [3.8, 4) is 0 Å². The van der Waals surface area contributed by atoms with E-state index in [9.17, 15) is 9.59 Å². The second-order valence-electron chi connectivity index (χ2n) is 3.72. The van der Waals surface area contributed by atoms with Gasteiger partial charge in [0.25, 0.3) is 0 Å². The van der Waals surface area contributed by atoms with Gasteiger partial charge in [-0.15, -0.1) is 0 Å². The molecule has 0 amide bonds. The van der Waals surface area contributed by atoms with Gasteiger partial charge >= 0.3 is 5.97 Å². The molecule has 0 N–H and O–H groups in total. The van der Waals surface area contributed by atoms with E-state index >= 15 is 0 Å². The summed E-state index contributed by atoms with van der Waals surface area (Å²) in [5.41, 5.74) is 2.60. The summed E-state index contributed by atoms with van der Waals surface area (Å²) in [6, 6.07) is 5.55. The molecule has 0 bridgehead atoms. The van der Waals surface area contributed by atoms with Crippen LogP contribution >= 0.6 is 0 Å². The first kappa shape index (κ1) is 12.4. The molecule has 16 heavy (non-hydrogen) atoms. The van der Waals surface area contributed by atoms with E-state index in [0.29, 0.717) is 12.2 Å². The highest BCUT2D eigenvalue weighted by Gasteiger charge is 2.14. The Bertz CT molecular complexity index is 408. The lowest BCUT2D eigenvalue weighted by Crippen LogP contribution is -2.12. The lowest BCUT2D eigenvalue weighted by Gasteiger charge is -2.05. The molecule has 0 saturated carbocycles. The molecule has 0 spiro atoms. The van der Waals surface area contributed by atoms with Crippen LogP contribution in [0.15, 0.2) is 18.2 Å². The average molecular weight is 220 g/mol. The molecule has 1 aromatic rings. The van der Waals surface area contributed by atoms with Crippen LogP contribution in [0.1, 0.15) is 34.8 Å². The number of rotatable bonds is 4. The van der Waals surface area contributed by atoms with Crippen LogP contribution in [0.5, 0.6) is 0 Å². The second kappa shape index (κ2) is 5.45. The molecule has 0 aliphatic rings. The number of carbonyl (C=O) groups is 2. The van der Waals surface area contributed by atoms with Gasteiger partial charge in [0.1, 0.15) is 6.42 Å². The lowest BCUT2D eigenvalue weighted by atomic mass is 10.0. The van der Waals surface area contributed by atoms with Gasteiger partial charge in [0.15, 0.2) is 5.78 Å². The van der Waals surface area contributed by atoms with Crippen molar-refractivity contribution in [2.45, 2.75) is 27.2 Å². The minimum atomic E-state index is -0.465. The van der Waals surface area contributed by atoms with Gasteiger partial charge in [-0.2, -0.15) is 0 Å². The number of esters is 1. The molecule has 0 aliphatic carbocycles. The van der Waals surface area contributed by atoms with Crippen molar-refractivity contribution >= 4 is 11.8 Å². The fourth-order valence-corrected chi connectivity index (χ4v) is 1.56. The van der Waals surface area contributed by atoms with Crippen LogP contribution in [0.25, 0.3) is 0 Å². The molecule has 0 radical (unpaired) electrons. The number of ketones is 1. The topological polar surface area (TPSA) is 43.4 Å². The predicted octanol–water partition coefficient (Wildman–Crippen LogP) is 2.44. The van der Waals surface area contributed by atoms with Gasteiger partial charge in [-0.1, -0.05) is 23.8 Å². The normalized spacial score (nSPS) is 9.94. The number of hydrogen-bond donors (Lipinski definition) is 0. The molecule has 86 valence electrons. The van der Waals surface area contributed by atoms with E-state index in [4.69, 9.17) is 4.74 Å². The van der Waals surface area contributed by atoms with Crippen molar-refractivity contribution in [2.24, 2.45) is 0 Å². The molecular weight excluding hydrogens is 204 g/mol. The smallest absolute Gasteiger partial charge is 0.313 e. The summed E-state index contributed by atoms with van der Waals surface area (Å²) in [5, 5.41) is 0. The molecule has 0 atom stereocenters. The van der Waals surface area contributed by atoms with Crippen LogP contribution in [0.2, 0.25) is 0 Å². The van der Waals surface area contributed by atoms with Crippen LogP contribution in [-0.2, 0) is 9.53 Å². The second-order valence-corrected chi connectivity index (χ2v) is 3.72. The van der Waals surface area contributed by atoms with Gasteiger partial charge in [-0.3, -0.25) is 9.59 Å². The van der Waals surface area contributed by atoms with Gasteiger partial charge < -0.3 is 4.74 Å². The maximum Gasteiger partial charge on any atom is 0.313 e. The molecule has 0 aliphatic heterocycles. The van der Waals surface area contributed by atoms with Gasteiger partial charge in [-0.05, 0) is 26.3 Å². The van der Waals surface area contributed by atoms with Crippen LogP contribution in [0.3, 0.4) is 0 Å². The van der Waals surface area contributed by atoms with Crippen LogP contribution in [0, 0.1) is 13.8 Å². The third-order valence-corrected chi connectivity index (χ3v) is 2.29. The largest absolute Gasteiger partial charge is 0.466 e. The minimum absolute atomic E-state index is 0.183. The minimum Gasteiger partial charge on any atom is -0.466 e. The first-order valence-electron chi connectivity index (χ1n) is 5.30. The highest BCUT2D eigenvalue weighted by atomic mass is 16.5. The summed E-state index contributed by atoms with van der Waals surface area (Å²) >= 11 is 0. The van der Waals surface area contributed by atoms with E-state index in [-0.39, 0.29) is 12.2 Å². The average Bonchev–Trinajstić information content (AvgIpc) is 2.17. The first-order valence-corrected chi connectivity index (χ1v) is 5.30. The number of Topliss-reactive ketones (excluding diaryl/α,β-unsaturated/α-hetero) is 1. The Kier molecular flexibility index (Phi) is 4.23. The van der Waals surface area contributed by atoms with E-state index in [0.717, 1.165) is 11.1 Å². The van der Waals surface area contributed by atoms with E-state index in [2.05, 4.69) is 0 Å². The summed E-state index contributed by atoms with van der Waals surface area (Å²) in [5.74, 6) is -0.650. The molecule has 0 heterocycles. The quantitative estimate of drug-likeness (QED) is 0.444. The molecule has 3 heteroatoms. The number of hydrogen-bond acceptors (Lipinski definition) is 3. The Hall–Kier alpha value is -1.64. The van der Waals surface area contributed by atoms with Crippen molar-refractivity contribution in [2.75, 3.05) is 6.61 Å². The number of aryl methyl sites for hydroxylation is 2. The Labute approximate surface area is 95.4 Å². The predicted molar refractivity (Wildman–Crippen MR) is 61.5 cm³/mol. The maximum atomic E-state index is 11.8. The summed E-state index contributed by atoms with van der Waals surface area (Å²) in [7, 11) is 0. The van der Waals surface area contributed by atoms with E-state index < -0.39 is 5.97 Å². The van der Waals surface area contributed by atoms with Crippen molar-refractivity contribution in [3.63, 3.8) is 0 Å². The zero-order valence-corrected chi connectivity index (χ0v) is 9.87. The van der Waals surface area contributed by atoms with Crippen molar-refractivity contribution in [3.05, 3.63) is 34.9 Å². The Balaban J connectivity index is 2.77. The summed E-state index contributed by atoms with van der Waals surface area (Å²) in [6.07, 6.45) is -0.183. The van der Waals surface area contributed by atoms with Gasteiger partial charge in [-0.25, -0.2) is 0 Å². The molecule has 0 saturated heterocycles. The molecular formula is C13H16O3. The lowest BCUT2D eigenvalue weighted by molar-refractivity contribution is -0.141. The first-order chi connectivity index (χ1) is 7.54. The maximum absolute atomic E-state index is 11.8. The van der Waals surface area contributed by atoms with Gasteiger partial charge in [0.2, 0.25) is 0 Å². The van der Waals surface area contributed by atoms with Crippen molar-refractivity contribution < 1.29 is 14.3 Å². The summed E-state index contributed by atoms with van der Waals surface area (Å²) < 4.78 is 4.74. The molecule has 0 unspecified atom stereocenters. The zero-order valence-electron chi connectivity index (χ0n) is 9.87. The standard InChI is InChI=1S/C13H16O3/c1-4-16-13(15)8-12(14)11-6-5-9(2)7-10(11)3/h5-7H,4,8H2,1-3H3. The molecule has 1 aromatic carbocycles. The number of benzene rings is 1. The molecule has 3 nitrogen and oxygen atoms in total.